The molecule has 1 aliphatic heterocycles. The molecular formula is C24H29N3O4S. The molecule has 1 N–H and O–H groups in total. The summed E-state index contributed by atoms with van der Waals surface area (Å²) >= 11 is 1.58. The monoisotopic (exact) mass is 455 g/mol. The van der Waals surface area contributed by atoms with Crippen LogP contribution in [0.1, 0.15) is 49.7 Å². The van der Waals surface area contributed by atoms with Crippen molar-refractivity contribution in [1.29, 1.82) is 0 Å². The number of anilines is 2. The van der Waals surface area contributed by atoms with Crippen LogP contribution in [-0.4, -0.2) is 35.8 Å². The first-order valence-electron chi connectivity index (χ1n) is 10.7. The number of thiazole rings is 1. The number of aryl methyl sites for hydroxylation is 2. The molecule has 0 aliphatic carbocycles. The summed E-state index contributed by atoms with van der Waals surface area (Å²) in [6, 6.07) is 7.67. The molecule has 0 fully saturated rings. The van der Waals surface area contributed by atoms with Gasteiger partial charge in [-0.3, -0.25) is 9.79 Å². The number of nitrogens with zero attached hydrogens (tertiary/aromatic N) is 2. The zero-order valence-corrected chi connectivity index (χ0v) is 20.1. The van der Waals surface area contributed by atoms with Gasteiger partial charge in [0, 0.05) is 27.9 Å². The fourth-order valence-corrected chi connectivity index (χ4v) is 4.70. The van der Waals surface area contributed by atoms with Gasteiger partial charge in [0.1, 0.15) is 5.92 Å². The topological polar surface area (TPSA) is 89.9 Å². The lowest BCUT2D eigenvalue weighted by Crippen LogP contribution is -2.36. The van der Waals surface area contributed by atoms with E-state index in [0.29, 0.717) is 17.0 Å². The van der Waals surface area contributed by atoms with Gasteiger partial charge in [-0.1, -0.05) is 12.1 Å². The Bertz CT molecular complexity index is 1070. The smallest absolute Gasteiger partial charge is 0.336 e. The normalized spacial score (nSPS) is 18.2. The van der Waals surface area contributed by atoms with Gasteiger partial charge in [0.05, 0.1) is 24.5 Å². The molecule has 0 saturated carbocycles. The molecule has 0 amide bonds. The second-order valence-corrected chi connectivity index (χ2v) is 8.79. The molecule has 2 atom stereocenters. The van der Waals surface area contributed by atoms with E-state index in [1.54, 1.807) is 39.0 Å². The van der Waals surface area contributed by atoms with Crippen molar-refractivity contribution in [2.45, 2.75) is 47.5 Å². The number of carbonyl (C=O) groups is 2. The van der Waals surface area contributed by atoms with Gasteiger partial charge in [-0.2, -0.15) is 0 Å². The third-order valence-corrected chi connectivity index (χ3v) is 6.38. The zero-order chi connectivity index (χ0) is 23.4. The van der Waals surface area contributed by atoms with Gasteiger partial charge in [-0.05, 0) is 59.2 Å². The largest absolute Gasteiger partial charge is 0.465 e. The molecule has 2 heterocycles. The van der Waals surface area contributed by atoms with E-state index >= 15 is 0 Å². The minimum absolute atomic E-state index is 0.236. The van der Waals surface area contributed by atoms with Crippen LogP contribution < -0.4 is 5.32 Å². The third kappa shape index (κ3) is 4.91. The van der Waals surface area contributed by atoms with Crippen LogP contribution in [0, 0.1) is 19.8 Å². The van der Waals surface area contributed by atoms with Gasteiger partial charge in [-0.25, -0.2) is 9.78 Å². The van der Waals surface area contributed by atoms with Crippen LogP contribution in [0.15, 0.2) is 40.5 Å². The molecule has 2 unspecified atom stereocenters. The summed E-state index contributed by atoms with van der Waals surface area (Å²) in [4.78, 5) is 36.0. The molecule has 1 aromatic heterocycles. The number of benzene rings is 1. The summed E-state index contributed by atoms with van der Waals surface area (Å²) in [7, 11) is 0. The van der Waals surface area contributed by atoms with Crippen molar-refractivity contribution in [2.75, 3.05) is 18.5 Å². The first kappa shape index (κ1) is 23.7. The summed E-state index contributed by atoms with van der Waals surface area (Å²) in [5, 5.41) is 4.12. The summed E-state index contributed by atoms with van der Waals surface area (Å²) in [5.41, 5.74) is 4.15. The number of nitrogens with one attached hydrogen (secondary N) is 1. The summed E-state index contributed by atoms with van der Waals surface area (Å²) < 4.78 is 10.7. The predicted octanol–water partition coefficient (Wildman–Crippen LogP) is 5.08. The SMILES string of the molecule is CCOC(=O)C1=C(C)N=C(C)C(C(=O)OCC)C1c1cccc(Nc2nc(C)c(C)s2)c1. The highest BCUT2D eigenvalue weighted by molar-refractivity contribution is 7.15. The van der Waals surface area contributed by atoms with E-state index in [2.05, 4.69) is 15.3 Å². The van der Waals surface area contributed by atoms with E-state index in [9.17, 15) is 9.59 Å². The number of hydrogen-bond donors (Lipinski definition) is 1. The molecule has 0 radical (unpaired) electrons. The van der Waals surface area contributed by atoms with Crippen LogP contribution in [0.5, 0.6) is 0 Å². The molecule has 1 aromatic carbocycles. The summed E-state index contributed by atoms with van der Waals surface area (Å²) in [6.07, 6.45) is 0. The first-order chi connectivity index (χ1) is 15.3. The molecule has 8 heteroatoms. The Balaban J connectivity index is 2.07. The van der Waals surface area contributed by atoms with Crippen LogP contribution in [0.3, 0.4) is 0 Å². The minimum atomic E-state index is -0.711. The fraction of sp³-hybridized carbons (Fsp3) is 0.417. The lowest BCUT2D eigenvalue weighted by Gasteiger charge is -2.31. The van der Waals surface area contributed by atoms with Gasteiger partial charge in [0.2, 0.25) is 0 Å². The van der Waals surface area contributed by atoms with Crippen molar-refractivity contribution in [3.05, 3.63) is 51.7 Å². The number of aromatic nitrogens is 1. The average molecular weight is 456 g/mol. The van der Waals surface area contributed by atoms with Crippen LogP contribution in [0.25, 0.3) is 0 Å². The number of esters is 2. The summed E-state index contributed by atoms with van der Waals surface area (Å²) in [5.74, 6) is -2.15. The van der Waals surface area contributed by atoms with E-state index in [4.69, 9.17) is 9.47 Å². The zero-order valence-electron chi connectivity index (χ0n) is 19.3. The molecule has 0 saturated heterocycles. The van der Waals surface area contributed by atoms with Gasteiger partial charge in [0.25, 0.3) is 0 Å². The Kier molecular flexibility index (Phi) is 7.45. The van der Waals surface area contributed by atoms with Crippen molar-refractivity contribution in [2.24, 2.45) is 10.9 Å². The number of rotatable bonds is 7. The molecule has 2 aromatic rings. The number of carbonyl (C=O) groups excluding carboxylic acids is 2. The van der Waals surface area contributed by atoms with Crippen molar-refractivity contribution in [1.82, 2.24) is 4.98 Å². The lowest BCUT2D eigenvalue weighted by atomic mass is 9.75. The Morgan fingerprint density at radius 2 is 1.81 bits per heavy atom. The van der Waals surface area contributed by atoms with E-state index in [1.165, 1.54) is 0 Å². The van der Waals surface area contributed by atoms with E-state index in [1.807, 2.05) is 38.1 Å². The van der Waals surface area contributed by atoms with E-state index in [-0.39, 0.29) is 13.2 Å². The predicted molar refractivity (Wildman–Crippen MR) is 127 cm³/mol. The number of hydrogen-bond acceptors (Lipinski definition) is 8. The van der Waals surface area contributed by atoms with Gasteiger partial charge in [0.15, 0.2) is 5.13 Å². The van der Waals surface area contributed by atoms with Crippen LogP contribution in [-0.2, 0) is 19.1 Å². The third-order valence-electron chi connectivity index (χ3n) is 5.39. The van der Waals surface area contributed by atoms with Crippen molar-refractivity contribution in [3.63, 3.8) is 0 Å². The molecule has 1 aliphatic rings. The van der Waals surface area contributed by atoms with E-state index in [0.717, 1.165) is 27.0 Å². The summed E-state index contributed by atoms with van der Waals surface area (Å²) in [6.45, 7) is 11.6. The maximum atomic E-state index is 12.9. The number of ether oxygens (including phenoxy) is 2. The minimum Gasteiger partial charge on any atom is -0.465 e. The maximum Gasteiger partial charge on any atom is 0.336 e. The Morgan fingerprint density at radius 1 is 1.09 bits per heavy atom. The second kappa shape index (κ2) is 10.1. The quantitative estimate of drug-likeness (QED) is 0.586. The van der Waals surface area contributed by atoms with Crippen molar-refractivity contribution in [3.8, 4) is 0 Å². The van der Waals surface area contributed by atoms with Gasteiger partial charge >= 0.3 is 11.9 Å². The molecule has 170 valence electrons. The van der Waals surface area contributed by atoms with Crippen LogP contribution in [0.2, 0.25) is 0 Å². The maximum absolute atomic E-state index is 12.9. The van der Waals surface area contributed by atoms with Crippen molar-refractivity contribution >= 4 is 39.8 Å². The highest BCUT2D eigenvalue weighted by Gasteiger charge is 2.42. The standard InChI is InChI=1S/C24H29N3O4S/c1-7-30-22(28)19-14(4)25-15(5)20(23(29)31-8-2)21(19)17-10-9-11-18(12-17)27-24-26-13(3)16(6)32-24/h9-12,19,21H,7-8H2,1-6H3,(H,26,27). The van der Waals surface area contributed by atoms with E-state index < -0.39 is 23.8 Å². The molecule has 32 heavy (non-hydrogen) atoms. The van der Waals surface area contributed by atoms with Gasteiger partial charge in [-0.15, -0.1) is 11.3 Å². The average Bonchev–Trinajstić information content (AvgIpc) is 3.04. The Labute approximate surface area is 192 Å². The number of allylic oxidation sites excluding steroid dienone is 1. The molecule has 0 bridgehead atoms. The number of aliphatic imine (C=N–C) groups is 1. The second-order valence-electron chi connectivity index (χ2n) is 7.59. The Hall–Kier alpha value is -3.00. The first-order valence-corrected chi connectivity index (χ1v) is 11.5. The lowest BCUT2D eigenvalue weighted by molar-refractivity contribution is -0.146. The highest BCUT2D eigenvalue weighted by atomic mass is 32.1. The molecule has 0 spiro atoms. The Morgan fingerprint density at radius 3 is 2.44 bits per heavy atom. The fourth-order valence-electron chi connectivity index (χ4n) is 3.87. The molecule has 7 nitrogen and oxygen atoms in total. The van der Waals surface area contributed by atoms with Crippen molar-refractivity contribution < 1.29 is 19.1 Å². The highest BCUT2D eigenvalue weighted by Crippen LogP contribution is 2.41. The molecular weight excluding hydrogens is 426 g/mol. The van der Waals surface area contributed by atoms with Crippen LogP contribution >= 0.6 is 11.3 Å². The van der Waals surface area contributed by atoms with Crippen LogP contribution in [0.4, 0.5) is 10.8 Å². The van der Waals surface area contributed by atoms with Gasteiger partial charge < -0.3 is 14.8 Å². The molecule has 3 rings (SSSR count).